The van der Waals surface area contributed by atoms with Crippen LogP contribution in [-0.2, 0) is 6.42 Å². The molecule has 0 unspecified atom stereocenters. The fraction of sp³-hybridized carbons (Fsp3) is 0.0508. The van der Waals surface area contributed by atoms with Gasteiger partial charge in [0, 0.05) is 34.2 Å². The monoisotopic (exact) mass is 834 g/mol. The molecule has 308 valence electrons. The van der Waals surface area contributed by atoms with Crippen LogP contribution in [0.4, 0.5) is 0 Å². The number of fused-ring (bicyclic) bond motifs is 3. The molecule has 0 radical (unpaired) electrons. The fourth-order valence-corrected chi connectivity index (χ4v) is 8.51. The average Bonchev–Trinajstić information content (AvgIpc) is 3.37. The molecule has 11 rings (SSSR count). The van der Waals surface area contributed by atoms with Gasteiger partial charge < -0.3 is 0 Å². The standard InChI is InChI=1S/C59H42N6/c1-38-19-25-45(26-20-38)56-61-54(60-55(62-56)43-11-5-3-6-12-43)37-40-23-29-41(30-24-40)48-15-9-17-50-51-18-10-16-49(53(51)36-35-52(48)50)42-31-33-47(34-32-42)59-64-57(44-13-7-4-8-14-44)63-58(65-59)46-27-21-39(2)22-28-46/h3-36H,37H2,1-2H3. The van der Waals surface area contributed by atoms with Crippen molar-refractivity contribution < 1.29 is 0 Å². The Hall–Kier alpha value is -8.48. The quantitative estimate of drug-likeness (QED) is 0.135. The van der Waals surface area contributed by atoms with Crippen LogP contribution in [0.3, 0.4) is 0 Å². The summed E-state index contributed by atoms with van der Waals surface area (Å²) < 4.78 is 0. The summed E-state index contributed by atoms with van der Waals surface area (Å²) in [6.45, 7) is 4.17. The van der Waals surface area contributed by atoms with E-state index in [1.54, 1.807) is 0 Å². The first-order valence-electron chi connectivity index (χ1n) is 21.9. The minimum Gasteiger partial charge on any atom is -0.213 e. The number of benzene rings is 9. The van der Waals surface area contributed by atoms with E-state index in [0.717, 1.165) is 50.3 Å². The van der Waals surface area contributed by atoms with Crippen molar-refractivity contribution >= 4 is 21.5 Å². The predicted octanol–water partition coefficient (Wildman–Crippen LogP) is 14.2. The second-order valence-electron chi connectivity index (χ2n) is 16.5. The minimum absolute atomic E-state index is 0.587. The number of hydrogen-bond acceptors (Lipinski definition) is 6. The topological polar surface area (TPSA) is 77.3 Å². The van der Waals surface area contributed by atoms with Crippen LogP contribution in [0.15, 0.2) is 206 Å². The van der Waals surface area contributed by atoms with Crippen molar-refractivity contribution in [1.29, 1.82) is 0 Å². The van der Waals surface area contributed by atoms with E-state index >= 15 is 0 Å². The predicted molar refractivity (Wildman–Crippen MR) is 265 cm³/mol. The number of rotatable bonds is 9. The molecule has 0 saturated heterocycles. The zero-order chi connectivity index (χ0) is 43.7. The van der Waals surface area contributed by atoms with Crippen molar-refractivity contribution in [2.75, 3.05) is 0 Å². The van der Waals surface area contributed by atoms with E-state index in [0.29, 0.717) is 35.5 Å². The Bertz CT molecular complexity index is 3480. The van der Waals surface area contributed by atoms with Crippen LogP contribution >= 0.6 is 0 Å². The van der Waals surface area contributed by atoms with Crippen LogP contribution in [0.1, 0.15) is 22.5 Å². The average molecular weight is 835 g/mol. The number of aromatic nitrogens is 6. The lowest BCUT2D eigenvalue weighted by atomic mass is 9.91. The summed E-state index contributed by atoms with van der Waals surface area (Å²) in [4.78, 5) is 29.6. The fourth-order valence-electron chi connectivity index (χ4n) is 8.51. The molecule has 0 bridgehead atoms. The van der Waals surface area contributed by atoms with Gasteiger partial charge in [-0.2, -0.15) is 0 Å². The first kappa shape index (κ1) is 39.4. The highest BCUT2D eigenvalue weighted by atomic mass is 15.0. The minimum atomic E-state index is 0.587. The van der Waals surface area contributed by atoms with Crippen molar-refractivity contribution in [2.45, 2.75) is 20.3 Å². The molecule has 0 fully saturated rings. The summed E-state index contributed by atoms with van der Waals surface area (Å²) in [6, 6.07) is 72.0. The SMILES string of the molecule is Cc1ccc(-c2nc(Cc3ccc(-c4cccc5c4ccc4c(-c6ccc(-c7nc(-c8ccccc8)nc(-c8ccc(C)cc8)n7)cc6)cccc45)cc3)nc(-c3ccccc3)n2)cc1. The molecular formula is C59H42N6. The molecule has 6 nitrogen and oxygen atoms in total. The molecule has 6 heteroatoms. The molecule has 2 aromatic heterocycles. The molecule has 0 saturated carbocycles. The number of nitrogens with zero attached hydrogens (tertiary/aromatic N) is 6. The maximum atomic E-state index is 4.97. The highest BCUT2D eigenvalue weighted by molar-refractivity contribution is 6.15. The van der Waals surface area contributed by atoms with E-state index in [2.05, 4.69) is 159 Å². The van der Waals surface area contributed by atoms with E-state index in [9.17, 15) is 0 Å². The zero-order valence-corrected chi connectivity index (χ0v) is 36.0. The van der Waals surface area contributed by atoms with Gasteiger partial charge in [0.05, 0.1) is 0 Å². The smallest absolute Gasteiger partial charge is 0.164 e. The highest BCUT2D eigenvalue weighted by Gasteiger charge is 2.16. The number of hydrogen-bond donors (Lipinski definition) is 0. The summed E-state index contributed by atoms with van der Waals surface area (Å²) in [5.74, 6) is 4.03. The van der Waals surface area contributed by atoms with Crippen LogP contribution in [0.5, 0.6) is 0 Å². The molecule has 2 heterocycles. The van der Waals surface area contributed by atoms with Crippen molar-refractivity contribution in [3.8, 4) is 79.2 Å². The molecule has 0 aliphatic heterocycles. The Morgan fingerprint density at radius 2 is 0.600 bits per heavy atom. The van der Waals surface area contributed by atoms with Gasteiger partial charge in [-0.1, -0.05) is 217 Å². The first-order valence-corrected chi connectivity index (χ1v) is 21.9. The Labute approximate surface area is 378 Å². The Kier molecular flexibility index (Phi) is 10.3. The van der Waals surface area contributed by atoms with Crippen LogP contribution in [-0.4, -0.2) is 29.9 Å². The van der Waals surface area contributed by atoms with Gasteiger partial charge in [0.1, 0.15) is 5.82 Å². The molecule has 9 aromatic carbocycles. The van der Waals surface area contributed by atoms with Crippen LogP contribution in [0.25, 0.3) is 101 Å². The Balaban J connectivity index is 0.892. The molecule has 0 N–H and O–H groups in total. The molecular weight excluding hydrogens is 793 g/mol. The molecule has 0 atom stereocenters. The Morgan fingerprint density at radius 3 is 1.02 bits per heavy atom. The van der Waals surface area contributed by atoms with Crippen molar-refractivity contribution in [3.05, 3.63) is 229 Å². The van der Waals surface area contributed by atoms with Crippen LogP contribution in [0.2, 0.25) is 0 Å². The lowest BCUT2D eigenvalue weighted by molar-refractivity contribution is 0.932. The summed E-state index contributed by atoms with van der Waals surface area (Å²) >= 11 is 0. The van der Waals surface area contributed by atoms with Crippen LogP contribution < -0.4 is 0 Å². The van der Waals surface area contributed by atoms with E-state index in [1.807, 2.05) is 60.7 Å². The third-order valence-electron chi connectivity index (χ3n) is 12.0. The van der Waals surface area contributed by atoms with Gasteiger partial charge in [-0.15, -0.1) is 0 Å². The van der Waals surface area contributed by atoms with Crippen molar-refractivity contribution in [2.24, 2.45) is 0 Å². The summed E-state index contributed by atoms with van der Waals surface area (Å²) in [5.41, 5.74) is 12.9. The first-order chi connectivity index (χ1) is 32.0. The van der Waals surface area contributed by atoms with Crippen molar-refractivity contribution in [3.63, 3.8) is 0 Å². The number of aryl methyl sites for hydroxylation is 2. The molecule has 0 aliphatic carbocycles. The van der Waals surface area contributed by atoms with Crippen molar-refractivity contribution in [1.82, 2.24) is 29.9 Å². The second kappa shape index (κ2) is 17.0. The van der Waals surface area contributed by atoms with Gasteiger partial charge in [-0.25, -0.2) is 29.9 Å². The normalized spacial score (nSPS) is 11.3. The second-order valence-corrected chi connectivity index (χ2v) is 16.5. The van der Waals surface area contributed by atoms with Gasteiger partial charge in [0.15, 0.2) is 29.1 Å². The van der Waals surface area contributed by atoms with E-state index < -0.39 is 0 Å². The maximum absolute atomic E-state index is 4.97. The van der Waals surface area contributed by atoms with Crippen LogP contribution in [0, 0.1) is 13.8 Å². The maximum Gasteiger partial charge on any atom is 0.164 e. The van der Waals surface area contributed by atoms with Gasteiger partial charge >= 0.3 is 0 Å². The van der Waals surface area contributed by atoms with E-state index in [4.69, 9.17) is 29.9 Å². The van der Waals surface area contributed by atoms with Gasteiger partial charge in [-0.05, 0) is 63.2 Å². The van der Waals surface area contributed by atoms with E-state index in [-0.39, 0.29) is 0 Å². The van der Waals surface area contributed by atoms with E-state index in [1.165, 1.54) is 43.8 Å². The summed E-state index contributed by atoms with van der Waals surface area (Å²) in [6.07, 6.45) is 0.587. The molecule has 65 heavy (non-hydrogen) atoms. The molecule has 0 spiro atoms. The highest BCUT2D eigenvalue weighted by Crippen LogP contribution is 2.38. The van der Waals surface area contributed by atoms with Gasteiger partial charge in [0.25, 0.3) is 0 Å². The molecule has 0 amide bonds. The van der Waals surface area contributed by atoms with Gasteiger partial charge in [-0.3, -0.25) is 0 Å². The Morgan fingerprint density at radius 1 is 0.262 bits per heavy atom. The lowest BCUT2D eigenvalue weighted by Crippen LogP contribution is -2.04. The summed E-state index contributed by atoms with van der Waals surface area (Å²) in [7, 11) is 0. The lowest BCUT2D eigenvalue weighted by Gasteiger charge is -2.13. The molecule has 0 aliphatic rings. The third kappa shape index (κ3) is 8.05. The zero-order valence-electron chi connectivity index (χ0n) is 36.0. The summed E-state index contributed by atoms with van der Waals surface area (Å²) in [5, 5.41) is 4.84. The largest absolute Gasteiger partial charge is 0.213 e. The van der Waals surface area contributed by atoms with Gasteiger partial charge in [0.2, 0.25) is 0 Å². The molecule has 11 aromatic rings. The third-order valence-corrected chi connectivity index (χ3v) is 12.0.